The third-order valence-corrected chi connectivity index (χ3v) is 8.84. The average molecular weight is 652 g/mol. The number of hydrogen-bond acceptors (Lipinski definition) is 9. The molecule has 0 spiro atoms. The molecule has 6 rings (SSSR count). The van der Waals surface area contributed by atoms with Crippen LogP contribution in [0, 0.1) is 0 Å². The fraction of sp³-hybridized carbons (Fsp3) is 0.316. The minimum absolute atomic E-state index is 0.0749. The van der Waals surface area contributed by atoms with Gasteiger partial charge in [-0.1, -0.05) is 60.7 Å². The van der Waals surface area contributed by atoms with E-state index in [0.717, 1.165) is 37.3 Å². The number of ether oxygens (including phenoxy) is 5. The first-order chi connectivity index (χ1) is 23.5. The molecule has 250 valence electrons. The molecule has 4 aromatic rings. The third-order valence-electron chi connectivity index (χ3n) is 8.84. The van der Waals surface area contributed by atoms with Gasteiger partial charge < -0.3 is 33.9 Å². The number of anilines is 2. The van der Waals surface area contributed by atoms with Crippen molar-refractivity contribution in [2.45, 2.75) is 18.4 Å². The second kappa shape index (κ2) is 15.1. The van der Waals surface area contributed by atoms with E-state index in [-0.39, 0.29) is 24.0 Å². The summed E-state index contributed by atoms with van der Waals surface area (Å²) in [4.78, 5) is 31.1. The van der Waals surface area contributed by atoms with Crippen molar-refractivity contribution >= 4 is 23.3 Å². The number of fused-ring (bicyclic) bond motifs is 1. The molecule has 2 atom stereocenters. The summed E-state index contributed by atoms with van der Waals surface area (Å²) < 4.78 is 28.9. The molecule has 0 bridgehead atoms. The Balaban J connectivity index is 1.22. The highest BCUT2D eigenvalue weighted by molar-refractivity contribution is 5.97. The van der Waals surface area contributed by atoms with Crippen LogP contribution < -0.4 is 29.2 Å². The molecule has 1 N–H and O–H groups in total. The molecule has 0 radical (unpaired) electrons. The predicted octanol–water partition coefficient (Wildman–Crippen LogP) is 5.61. The molecule has 0 saturated carbocycles. The van der Waals surface area contributed by atoms with Crippen LogP contribution in [0.25, 0.3) is 0 Å². The molecule has 1 fully saturated rings. The molecule has 1 amide bonds. The highest BCUT2D eigenvalue weighted by Gasteiger charge is 2.30. The molecular weight excluding hydrogens is 610 g/mol. The maximum absolute atomic E-state index is 13.6. The number of amides is 1. The number of carbonyl (C=O) groups excluding carboxylic acids is 2. The van der Waals surface area contributed by atoms with Crippen LogP contribution in [0.1, 0.15) is 33.8 Å². The van der Waals surface area contributed by atoms with Gasteiger partial charge >= 0.3 is 5.97 Å². The lowest BCUT2D eigenvalue weighted by Gasteiger charge is -2.37. The molecule has 10 nitrogen and oxygen atoms in total. The van der Waals surface area contributed by atoms with E-state index in [4.69, 9.17) is 23.7 Å². The van der Waals surface area contributed by atoms with Crippen LogP contribution in [0.3, 0.4) is 0 Å². The van der Waals surface area contributed by atoms with Crippen molar-refractivity contribution in [3.05, 3.63) is 108 Å². The number of carbonyl (C=O) groups is 2. The van der Waals surface area contributed by atoms with E-state index < -0.39 is 12.1 Å². The Morgan fingerprint density at radius 3 is 2.12 bits per heavy atom. The van der Waals surface area contributed by atoms with Crippen LogP contribution >= 0.6 is 0 Å². The highest BCUT2D eigenvalue weighted by atomic mass is 16.6. The summed E-state index contributed by atoms with van der Waals surface area (Å²) in [5.41, 5.74) is 4.15. The molecule has 10 heteroatoms. The van der Waals surface area contributed by atoms with Crippen molar-refractivity contribution < 1.29 is 33.3 Å². The molecule has 2 heterocycles. The quantitative estimate of drug-likeness (QED) is 0.196. The summed E-state index contributed by atoms with van der Waals surface area (Å²) in [5.74, 6) is 0.920. The van der Waals surface area contributed by atoms with Gasteiger partial charge in [-0.05, 0) is 41.5 Å². The van der Waals surface area contributed by atoms with E-state index in [1.54, 1.807) is 12.1 Å². The van der Waals surface area contributed by atoms with Crippen molar-refractivity contribution in [1.82, 2.24) is 4.90 Å². The minimum Gasteiger partial charge on any atom is -0.493 e. The second-order valence-corrected chi connectivity index (χ2v) is 11.8. The zero-order valence-electron chi connectivity index (χ0n) is 27.5. The zero-order chi connectivity index (χ0) is 33.5. The number of rotatable bonds is 12. The molecule has 48 heavy (non-hydrogen) atoms. The van der Waals surface area contributed by atoms with E-state index in [1.807, 2.05) is 66.7 Å². The number of benzene rings is 4. The molecule has 2 unspecified atom stereocenters. The zero-order valence-corrected chi connectivity index (χ0v) is 27.5. The predicted molar refractivity (Wildman–Crippen MR) is 184 cm³/mol. The number of para-hydroxylation sites is 2. The van der Waals surface area contributed by atoms with Gasteiger partial charge in [-0.25, -0.2) is 4.79 Å². The third kappa shape index (κ3) is 7.34. The molecule has 2 aliphatic heterocycles. The van der Waals surface area contributed by atoms with Crippen LogP contribution in [0.5, 0.6) is 23.0 Å². The van der Waals surface area contributed by atoms with E-state index in [9.17, 15) is 9.59 Å². The highest BCUT2D eigenvalue weighted by Crippen LogP contribution is 2.42. The van der Waals surface area contributed by atoms with Gasteiger partial charge in [0.2, 0.25) is 11.7 Å². The van der Waals surface area contributed by atoms with Crippen molar-refractivity contribution in [3.63, 3.8) is 0 Å². The first-order valence-electron chi connectivity index (χ1n) is 16.1. The van der Waals surface area contributed by atoms with Crippen molar-refractivity contribution in [1.29, 1.82) is 0 Å². The van der Waals surface area contributed by atoms with Gasteiger partial charge in [-0.15, -0.1) is 0 Å². The number of hydrogen-bond donors (Lipinski definition) is 1. The summed E-state index contributed by atoms with van der Waals surface area (Å²) in [5, 5.41) is 3.03. The SMILES string of the molecule is COc1cc(C(=O)OC(COc2cccc3c2NC(=O)CC3c2ccccc2)CN2CCN(c3ccccc3)CC2)cc(OC)c1OC. The Bertz CT molecular complexity index is 1680. The van der Waals surface area contributed by atoms with Crippen LogP contribution in [0.2, 0.25) is 0 Å². The monoisotopic (exact) mass is 651 g/mol. The first-order valence-corrected chi connectivity index (χ1v) is 16.1. The van der Waals surface area contributed by atoms with Gasteiger partial charge in [-0.3, -0.25) is 9.69 Å². The Kier molecular flexibility index (Phi) is 10.3. The Morgan fingerprint density at radius 1 is 0.812 bits per heavy atom. The van der Waals surface area contributed by atoms with Crippen molar-refractivity contribution in [2.24, 2.45) is 0 Å². The van der Waals surface area contributed by atoms with E-state index in [0.29, 0.717) is 41.7 Å². The van der Waals surface area contributed by atoms with Crippen molar-refractivity contribution in [3.8, 4) is 23.0 Å². The molecular formula is C38H41N3O7. The lowest BCUT2D eigenvalue weighted by molar-refractivity contribution is -0.116. The number of methoxy groups -OCH3 is 3. The maximum Gasteiger partial charge on any atom is 0.338 e. The summed E-state index contributed by atoms with van der Waals surface area (Å²) in [6.07, 6.45) is -0.273. The molecule has 0 aliphatic carbocycles. The van der Waals surface area contributed by atoms with Crippen LogP contribution in [-0.4, -0.2) is 83.5 Å². The molecule has 0 aromatic heterocycles. The Morgan fingerprint density at radius 2 is 1.48 bits per heavy atom. The average Bonchev–Trinajstić information content (AvgIpc) is 3.13. The van der Waals surface area contributed by atoms with E-state index >= 15 is 0 Å². The largest absolute Gasteiger partial charge is 0.493 e. The van der Waals surface area contributed by atoms with Crippen LogP contribution in [0.15, 0.2) is 91.0 Å². The summed E-state index contributed by atoms with van der Waals surface area (Å²) >= 11 is 0. The van der Waals surface area contributed by atoms with Crippen LogP contribution in [0.4, 0.5) is 11.4 Å². The fourth-order valence-electron chi connectivity index (χ4n) is 6.40. The lowest BCUT2D eigenvalue weighted by atomic mass is 9.84. The van der Waals surface area contributed by atoms with Gasteiger partial charge in [0.15, 0.2) is 11.5 Å². The van der Waals surface area contributed by atoms with E-state index in [2.05, 4.69) is 27.2 Å². The Hall–Kier alpha value is -5.22. The number of esters is 1. The number of nitrogens with zero attached hydrogens (tertiary/aromatic N) is 2. The molecule has 1 saturated heterocycles. The van der Waals surface area contributed by atoms with Gasteiger partial charge in [-0.2, -0.15) is 0 Å². The van der Waals surface area contributed by atoms with Gasteiger partial charge in [0.05, 0.1) is 32.6 Å². The molecule has 4 aromatic carbocycles. The maximum atomic E-state index is 13.6. The number of nitrogens with one attached hydrogen (secondary N) is 1. The molecule has 2 aliphatic rings. The van der Waals surface area contributed by atoms with Crippen molar-refractivity contribution in [2.75, 3.05) is 70.9 Å². The Labute approximate surface area is 281 Å². The summed E-state index contributed by atoms with van der Waals surface area (Å²) in [6, 6.07) is 29.3. The summed E-state index contributed by atoms with van der Waals surface area (Å²) in [6.45, 7) is 3.82. The first kappa shape index (κ1) is 32.7. The summed E-state index contributed by atoms with van der Waals surface area (Å²) in [7, 11) is 4.51. The lowest BCUT2D eigenvalue weighted by Crippen LogP contribution is -2.50. The number of piperazine rings is 1. The minimum atomic E-state index is -0.625. The normalized spacial score (nSPS) is 16.7. The smallest absolute Gasteiger partial charge is 0.338 e. The van der Waals surface area contributed by atoms with E-state index in [1.165, 1.54) is 27.0 Å². The fourth-order valence-corrected chi connectivity index (χ4v) is 6.40. The topological polar surface area (TPSA) is 98.8 Å². The van der Waals surface area contributed by atoms with Crippen LogP contribution in [-0.2, 0) is 9.53 Å². The second-order valence-electron chi connectivity index (χ2n) is 11.8. The van der Waals surface area contributed by atoms with Gasteiger partial charge in [0.1, 0.15) is 18.5 Å². The van der Waals surface area contributed by atoms with Gasteiger partial charge in [0.25, 0.3) is 0 Å². The standard InChI is InChI=1S/C38H41N3O7/c1-44-33-21-27(22-34(45-2)37(33)46-3)38(43)48-29(24-40-17-19-41(20-18-40)28-13-8-5-9-14-28)25-47-32-16-10-15-30-31(23-35(42)39-36(30)32)26-11-6-4-7-12-26/h4-16,21-22,29,31H,17-20,23-25H2,1-3H3,(H,39,42). The van der Waals surface area contributed by atoms with Gasteiger partial charge in [0, 0.05) is 50.7 Å².